The fraction of sp³-hybridized carbons (Fsp3) is 0.300. The van der Waals surface area contributed by atoms with E-state index < -0.39 is 0 Å². The number of carbonyl (C=O) groups excluding carboxylic acids is 1. The Hall–Kier alpha value is -0.670. The minimum absolute atomic E-state index is 0.194. The molecule has 1 aliphatic heterocycles. The van der Waals surface area contributed by atoms with Gasteiger partial charge in [0.2, 0.25) is 0 Å². The van der Waals surface area contributed by atoms with Crippen LogP contribution in [0.25, 0.3) is 0 Å². The maximum Gasteiger partial charge on any atom is 0.176 e. The summed E-state index contributed by atoms with van der Waals surface area (Å²) in [4.78, 5) is 11.5. The quantitative estimate of drug-likeness (QED) is 0.748. The van der Waals surface area contributed by atoms with Crippen LogP contribution in [0.3, 0.4) is 0 Å². The summed E-state index contributed by atoms with van der Waals surface area (Å²) in [6, 6.07) is 5.84. The van der Waals surface area contributed by atoms with Crippen LogP contribution in [-0.2, 0) is 6.42 Å². The van der Waals surface area contributed by atoms with Crippen molar-refractivity contribution in [3.63, 3.8) is 0 Å². The van der Waals surface area contributed by atoms with Gasteiger partial charge in [0.15, 0.2) is 5.78 Å². The normalized spacial score (nSPS) is 16.5. The fourth-order valence-corrected chi connectivity index (χ4v) is 1.97. The van der Waals surface area contributed by atoms with Crippen LogP contribution in [0.2, 0.25) is 0 Å². The summed E-state index contributed by atoms with van der Waals surface area (Å²) in [7, 11) is 0. The second-order valence-corrected chi connectivity index (χ2v) is 4.07. The molecular weight excluding hydrogens is 230 g/mol. The van der Waals surface area contributed by atoms with Crippen molar-refractivity contribution in [2.24, 2.45) is 0 Å². The highest BCUT2D eigenvalue weighted by atomic mass is 79.9. The minimum Gasteiger partial charge on any atom is -0.309 e. The number of hydrogen-bond donors (Lipinski definition) is 1. The molecule has 1 aromatic carbocycles. The van der Waals surface area contributed by atoms with Crippen molar-refractivity contribution in [2.75, 3.05) is 13.1 Å². The molecule has 0 fully saturated rings. The van der Waals surface area contributed by atoms with E-state index >= 15 is 0 Å². The fourth-order valence-electron chi connectivity index (χ4n) is 1.56. The van der Waals surface area contributed by atoms with Gasteiger partial charge < -0.3 is 5.32 Å². The molecule has 1 heterocycles. The van der Waals surface area contributed by atoms with Gasteiger partial charge in [0.1, 0.15) is 0 Å². The standard InChI is InChI=1S/C10H10BrNO/c11-8-1-2-9-7(5-8)3-4-12-6-10(9)13/h1-2,5,12H,3-4,6H2. The Bertz CT molecular complexity index is 349. The van der Waals surface area contributed by atoms with Crippen molar-refractivity contribution >= 4 is 21.7 Å². The van der Waals surface area contributed by atoms with E-state index in [1.165, 1.54) is 0 Å². The number of Topliss-reactive ketones (excluding diaryl/α,β-unsaturated/α-hetero) is 1. The van der Waals surface area contributed by atoms with Crippen molar-refractivity contribution in [3.05, 3.63) is 33.8 Å². The summed E-state index contributed by atoms with van der Waals surface area (Å²) < 4.78 is 1.04. The zero-order valence-corrected chi connectivity index (χ0v) is 8.73. The van der Waals surface area contributed by atoms with Crippen LogP contribution >= 0.6 is 15.9 Å². The van der Waals surface area contributed by atoms with E-state index in [2.05, 4.69) is 21.2 Å². The van der Waals surface area contributed by atoms with E-state index in [0.29, 0.717) is 6.54 Å². The number of rotatable bonds is 0. The molecule has 13 heavy (non-hydrogen) atoms. The number of halogens is 1. The predicted octanol–water partition coefficient (Wildman–Crippen LogP) is 1.78. The molecule has 68 valence electrons. The van der Waals surface area contributed by atoms with Gasteiger partial charge in [0.25, 0.3) is 0 Å². The van der Waals surface area contributed by atoms with Crippen molar-refractivity contribution < 1.29 is 4.79 Å². The molecule has 0 spiro atoms. The van der Waals surface area contributed by atoms with Crippen molar-refractivity contribution in [1.29, 1.82) is 0 Å². The van der Waals surface area contributed by atoms with E-state index in [0.717, 1.165) is 28.6 Å². The van der Waals surface area contributed by atoms with Crippen LogP contribution in [0.1, 0.15) is 15.9 Å². The lowest BCUT2D eigenvalue weighted by Crippen LogP contribution is -2.21. The molecule has 1 aromatic rings. The number of benzene rings is 1. The largest absolute Gasteiger partial charge is 0.309 e. The van der Waals surface area contributed by atoms with Gasteiger partial charge in [-0.2, -0.15) is 0 Å². The summed E-state index contributed by atoms with van der Waals surface area (Å²) in [5.74, 6) is 0.194. The van der Waals surface area contributed by atoms with Gasteiger partial charge in [-0.1, -0.05) is 15.9 Å². The number of ketones is 1. The van der Waals surface area contributed by atoms with Gasteiger partial charge in [-0.3, -0.25) is 4.79 Å². The van der Waals surface area contributed by atoms with Crippen LogP contribution in [-0.4, -0.2) is 18.9 Å². The second kappa shape index (κ2) is 3.60. The number of fused-ring (bicyclic) bond motifs is 1. The maximum atomic E-state index is 11.5. The molecule has 0 unspecified atom stereocenters. The zero-order chi connectivity index (χ0) is 9.26. The summed E-state index contributed by atoms with van der Waals surface area (Å²) in [6.45, 7) is 1.35. The first-order valence-electron chi connectivity index (χ1n) is 4.30. The SMILES string of the molecule is O=C1CNCCc2cc(Br)ccc21. The molecule has 0 aromatic heterocycles. The first-order chi connectivity index (χ1) is 6.27. The lowest BCUT2D eigenvalue weighted by molar-refractivity contribution is 0.0994. The summed E-state index contributed by atoms with van der Waals surface area (Å²) in [5.41, 5.74) is 2.01. The lowest BCUT2D eigenvalue weighted by atomic mass is 10.0. The third-order valence-electron chi connectivity index (χ3n) is 2.22. The molecule has 0 saturated carbocycles. The van der Waals surface area contributed by atoms with Crippen molar-refractivity contribution in [3.8, 4) is 0 Å². The van der Waals surface area contributed by atoms with E-state index in [1.807, 2.05) is 18.2 Å². The first-order valence-corrected chi connectivity index (χ1v) is 5.09. The molecule has 0 radical (unpaired) electrons. The maximum absolute atomic E-state index is 11.5. The molecule has 1 aliphatic rings. The minimum atomic E-state index is 0.194. The zero-order valence-electron chi connectivity index (χ0n) is 7.14. The topological polar surface area (TPSA) is 29.1 Å². The first kappa shape index (κ1) is 8.91. The average molecular weight is 240 g/mol. The smallest absolute Gasteiger partial charge is 0.176 e. The second-order valence-electron chi connectivity index (χ2n) is 3.15. The molecule has 2 nitrogen and oxygen atoms in total. The highest BCUT2D eigenvalue weighted by Gasteiger charge is 2.14. The Kier molecular flexibility index (Phi) is 2.47. The van der Waals surface area contributed by atoms with Crippen molar-refractivity contribution in [2.45, 2.75) is 6.42 Å². The van der Waals surface area contributed by atoms with Crippen LogP contribution in [0.4, 0.5) is 0 Å². The third kappa shape index (κ3) is 1.81. The molecule has 0 amide bonds. The Balaban J connectivity index is 2.48. The van der Waals surface area contributed by atoms with Crippen LogP contribution in [0.5, 0.6) is 0 Å². The average Bonchev–Trinajstić information content (AvgIpc) is 2.28. The van der Waals surface area contributed by atoms with E-state index in [4.69, 9.17) is 0 Å². The van der Waals surface area contributed by atoms with Gasteiger partial charge in [-0.05, 0) is 36.7 Å². The van der Waals surface area contributed by atoms with Gasteiger partial charge in [-0.25, -0.2) is 0 Å². The number of hydrogen-bond acceptors (Lipinski definition) is 2. The third-order valence-corrected chi connectivity index (χ3v) is 2.72. The molecule has 0 saturated heterocycles. The Morgan fingerprint density at radius 2 is 2.23 bits per heavy atom. The van der Waals surface area contributed by atoms with Crippen LogP contribution < -0.4 is 5.32 Å². The molecule has 0 bridgehead atoms. The lowest BCUT2D eigenvalue weighted by Gasteiger charge is -2.03. The Labute approximate surface area is 85.5 Å². The highest BCUT2D eigenvalue weighted by molar-refractivity contribution is 9.10. The predicted molar refractivity (Wildman–Crippen MR) is 55.0 cm³/mol. The number of nitrogens with one attached hydrogen (secondary N) is 1. The van der Waals surface area contributed by atoms with Gasteiger partial charge in [-0.15, -0.1) is 0 Å². The monoisotopic (exact) mass is 239 g/mol. The van der Waals surface area contributed by atoms with Gasteiger partial charge in [0, 0.05) is 10.0 Å². The molecule has 0 aliphatic carbocycles. The summed E-state index contributed by atoms with van der Waals surface area (Å²) >= 11 is 3.40. The van der Waals surface area contributed by atoms with Crippen LogP contribution in [0.15, 0.2) is 22.7 Å². The van der Waals surface area contributed by atoms with Crippen LogP contribution in [0, 0.1) is 0 Å². The van der Waals surface area contributed by atoms with Crippen molar-refractivity contribution in [1.82, 2.24) is 5.32 Å². The van der Waals surface area contributed by atoms with E-state index in [9.17, 15) is 4.79 Å². The van der Waals surface area contributed by atoms with E-state index in [1.54, 1.807) is 0 Å². The van der Waals surface area contributed by atoms with Gasteiger partial charge >= 0.3 is 0 Å². The molecular formula is C10H10BrNO. The summed E-state index contributed by atoms with van der Waals surface area (Å²) in [5, 5.41) is 3.10. The molecule has 2 rings (SSSR count). The van der Waals surface area contributed by atoms with Gasteiger partial charge in [0.05, 0.1) is 6.54 Å². The molecule has 0 atom stereocenters. The summed E-state index contributed by atoms with van der Waals surface area (Å²) in [6.07, 6.45) is 0.931. The molecule has 1 N–H and O–H groups in total. The molecule has 3 heteroatoms. The van der Waals surface area contributed by atoms with E-state index in [-0.39, 0.29) is 5.78 Å². The highest BCUT2D eigenvalue weighted by Crippen LogP contribution is 2.18. The Morgan fingerprint density at radius 3 is 3.08 bits per heavy atom. The Morgan fingerprint density at radius 1 is 1.38 bits per heavy atom. The number of carbonyl (C=O) groups is 1.